The lowest BCUT2D eigenvalue weighted by Crippen LogP contribution is -2.24. The molecule has 38 heavy (non-hydrogen) atoms. The molecule has 6 rings (SSSR count). The predicted octanol–water partition coefficient (Wildman–Crippen LogP) is 7.65. The molecule has 2 aromatic carbocycles. The van der Waals surface area contributed by atoms with Crippen molar-refractivity contribution in [2.24, 2.45) is 0 Å². The maximum atomic E-state index is 14.9. The summed E-state index contributed by atoms with van der Waals surface area (Å²) in [5.74, 6) is 0.805. The van der Waals surface area contributed by atoms with E-state index in [4.69, 9.17) is 16.3 Å². The van der Waals surface area contributed by atoms with Gasteiger partial charge in [-0.2, -0.15) is 0 Å². The number of hydrogen-bond donors (Lipinski definition) is 2. The molecule has 3 aromatic heterocycles. The zero-order valence-electron chi connectivity index (χ0n) is 21.2. The van der Waals surface area contributed by atoms with Crippen molar-refractivity contribution in [3.8, 4) is 22.9 Å². The molecule has 0 aliphatic heterocycles. The number of nitrogens with one attached hydrogen (secondary N) is 2. The zero-order valence-corrected chi connectivity index (χ0v) is 22.7. The summed E-state index contributed by atoms with van der Waals surface area (Å²) in [4.78, 5) is 20.0. The molecule has 2 N–H and O–H groups in total. The minimum Gasteiger partial charge on any atom is -0.424 e. The van der Waals surface area contributed by atoms with Crippen LogP contribution in [0.5, 0.6) is 11.8 Å². The van der Waals surface area contributed by atoms with Gasteiger partial charge < -0.3 is 9.72 Å². The number of imidazole rings is 1. The fourth-order valence-electron chi connectivity index (χ4n) is 4.62. The molecule has 0 saturated heterocycles. The summed E-state index contributed by atoms with van der Waals surface area (Å²) < 4.78 is 23.8. The smallest absolute Gasteiger partial charge is 0.321 e. The Labute approximate surface area is 229 Å². The van der Waals surface area contributed by atoms with Crippen LogP contribution in [0.4, 0.5) is 4.39 Å². The summed E-state index contributed by atoms with van der Waals surface area (Å²) in [5.41, 5.74) is 2.97. The van der Waals surface area contributed by atoms with Crippen LogP contribution in [0.3, 0.4) is 0 Å². The Balaban J connectivity index is 0.000000278. The number of fused-ring (bicyclic) bond motifs is 3. The molecule has 5 aromatic rings. The lowest BCUT2D eigenvalue weighted by molar-refractivity contribution is 0.424. The fourth-order valence-corrected chi connectivity index (χ4v) is 5.46. The van der Waals surface area contributed by atoms with E-state index in [0.717, 1.165) is 28.3 Å². The van der Waals surface area contributed by atoms with Gasteiger partial charge in [-0.1, -0.05) is 42.8 Å². The molecule has 0 atom stereocenters. The molecule has 0 amide bonds. The van der Waals surface area contributed by atoms with E-state index >= 15 is 0 Å². The Hall–Kier alpha value is -3.27. The van der Waals surface area contributed by atoms with Gasteiger partial charge in [0.1, 0.15) is 17.4 Å². The van der Waals surface area contributed by atoms with E-state index in [0.29, 0.717) is 27.4 Å². The number of rotatable bonds is 5. The molecular weight excluding hydrogens is 523 g/mol. The van der Waals surface area contributed by atoms with Crippen LogP contribution < -0.4 is 9.46 Å². The number of benzene rings is 2. The van der Waals surface area contributed by atoms with E-state index in [1.165, 1.54) is 38.2 Å². The van der Waals surface area contributed by atoms with Gasteiger partial charge in [0.2, 0.25) is 0 Å². The first-order chi connectivity index (χ1) is 18.5. The first-order valence-corrected chi connectivity index (χ1v) is 14.1. The van der Waals surface area contributed by atoms with Crippen molar-refractivity contribution in [1.82, 2.24) is 29.6 Å². The number of aromatic nitrogens is 5. The van der Waals surface area contributed by atoms with E-state index in [-0.39, 0.29) is 6.01 Å². The average Bonchev–Trinajstić information content (AvgIpc) is 3.31. The van der Waals surface area contributed by atoms with Crippen molar-refractivity contribution in [1.29, 1.82) is 0 Å². The van der Waals surface area contributed by atoms with E-state index in [2.05, 4.69) is 35.9 Å². The van der Waals surface area contributed by atoms with E-state index in [1.807, 2.05) is 6.92 Å². The first kappa shape index (κ1) is 26.3. The monoisotopic (exact) mass is 550 g/mol. The molecule has 1 aliphatic carbocycles. The van der Waals surface area contributed by atoms with Gasteiger partial charge in [0, 0.05) is 47.1 Å². The third-order valence-electron chi connectivity index (χ3n) is 6.40. The second-order valence-electron chi connectivity index (χ2n) is 9.12. The van der Waals surface area contributed by atoms with E-state index in [9.17, 15) is 4.39 Å². The summed E-state index contributed by atoms with van der Waals surface area (Å²) in [6, 6.07) is 10.8. The molecule has 0 radical (unpaired) electrons. The third kappa shape index (κ3) is 6.06. The van der Waals surface area contributed by atoms with Crippen molar-refractivity contribution in [2.75, 3.05) is 6.26 Å². The third-order valence-corrected chi connectivity index (χ3v) is 7.28. The Bertz CT molecular complexity index is 1540. The fraction of sp³-hybridized carbons (Fsp3) is 0.286. The number of nitrogens with zero attached hydrogens (tertiary/aromatic N) is 4. The molecule has 3 heterocycles. The number of ether oxygens (including phenoxy) is 1. The Morgan fingerprint density at radius 3 is 2.58 bits per heavy atom. The summed E-state index contributed by atoms with van der Waals surface area (Å²) in [5, 5.41) is 1.09. The van der Waals surface area contributed by atoms with Gasteiger partial charge in [0.05, 0.1) is 27.8 Å². The van der Waals surface area contributed by atoms with Gasteiger partial charge >= 0.3 is 6.01 Å². The molecule has 0 spiro atoms. The van der Waals surface area contributed by atoms with Crippen LogP contribution in [-0.4, -0.2) is 37.2 Å². The lowest BCUT2D eigenvalue weighted by atomic mass is 9.96. The molecular formula is C28H28ClFN6OS. The van der Waals surface area contributed by atoms with Crippen LogP contribution in [0.1, 0.15) is 37.9 Å². The highest BCUT2D eigenvalue weighted by atomic mass is 35.5. The van der Waals surface area contributed by atoms with Crippen molar-refractivity contribution >= 4 is 45.5 Å². The van der Waals surface area contributed by atoms with Crippen LogP contribution in [0.15, 0.2) is 55.0 Å². The quantitative estimate of drug-likeness (QED) is 0.217. The van der Waals surface area contributed by atoms with E-state index < -0.39 is 5.82 Å². The number of hydrogen-bond acceptors (Lipinski definition) is 7. The molecule has 196 valence electrons. The first-order valence-electron chi connectivity index (χ1n) is 12.5. The zero-order chi connectivity index (χ0) is 26.5. The second-order valence-corrected chi connectivity index (χ2v) is 10.2. The standard InChI is InChI=1S/C21H13ClFN5O.C7H15NS/c1-11-27-19-10-26-18-9-17(23)14(8-15(18)20(19)28-11)13-4-3-12(7-16(13)22)29-21-24-5-2-6-25-21;1-9-8-7-5-3-2-4-6-7/h2-10H,1H3,(H,27,28);7-8H,2-6H2,1H3. The summed E-state index contributed by atoms with van der Waals surface area (Å²) in [7, 11) is 0. The molecule has 0 bridgehead atoms. The molecule has 0 unspecified atom stereocenters. The van der Waals surface area contributed by atoms with Gasteiger partial charge in [-0.05, 0) is 50.3 Å². The molecule has 10 heteroatoms. The minimum atomic E-state index is -0.418. The van der Waals surface area contributed by atoms with Crippen molar-refractivity contribution in [2.45, 2.75) is 45.1 Å². The predicted molar refractivity (Wildman–Crippen MR) is 152 cm³/mol. The van der Waals surface area contributed by atoms with Crippen LogP contribution in [0.25, 0.3) is 33.1 Å². The topological polar surface area (TPSA) is 88.6 Å². The normalized spacial score (nSPS) is 13.9. The number of aromatic amines is 1. The van der Waals surface area contributed by atoms with E-state index in [1.54, 1.807) is 60.9 Å². The van der Waals surface area contributed by atoms with Gasteiger partial charge in [-0.25, -0.2) is 19.3 Å². The molecule has 1 fully saturated rings. The van der Waals surface area contributed by atoms with Crippen LogP contribution in [-0.2, 0) is 0 Å². The second kappa shape index (κ2) is 12.1. The van der Waals surface area contributed by atoms with Gasteiger partial charge in [-0.15, -0.1) is 0 Å². The van der Waals surface area contributed by atoms with Gasteiger partial charge in [-0.3, -0.25) is 9.71 Å². The Morgan fingerprint density at radius 2 is 1.84 bits per heavy atom. The maximum Gasteiger partial charge on any atom is 0.321 e. The van der Waals surface area contributed by atoms with Crippen molar-refractivity contribution in [3.05, 3.63) is 71.7 Å². The average molecular weight is 551 g/mol. The highest BCUT2D eigenvalue weighted by molar-refractivity contribution is 7.96. The molecule has 1 saturated carbocycles. The lowest BCUT2D eigenvalue weighted by Gasteiger charge is -2.20. The van der Waals surface area contributed by atoms with Crippen LogP contribution in [0.2, 0.25) is 5.02 Å². The minimum absolute atomic E-state index is 0.204. The van der Waals surface area contributed by atoms with Gasteiger partial charge in [0.25, 0.3) is 0 Å². The number of H-pyrrole nitrogens is 1. The van der Waals surface area contributed by atoms with Crippen LogP contribution in [0, 0.1) is 12.7 Å². The Morgan fingerprint density at radius 1 is 1.05 bits per heavy atom. The summed E-state index contributed by atoms with van der Waals surface area (Å²) >= 11 is 8.21. The number of halogens is 2. The van der Waals surface area contributed by atoms with Gasteiger partial charge in [0.15, 0.2) is 0 Å². The highest BCUT2D eigenvalue weighted by Gasteiger charge is 2.15. The van der Waals surface area contributed by atoms with Crippen molar-refractivity contribution < 1.29 is 9.13 Å². The van der Waals surface area contributed by atoms with Crippen LogP contribution >= 0.6 is 23.5 Å². The van der Waals surface area contributed by atoms with Crippen molar-refractivity contribution in [3.63, 3.8) is 0 Å². The number of aryl methyl sites for hydroxylation is 1. The SMILES string of the molecule is CSNC1CCCCC1.Cc1nc2c(cnc3cc(F)c(-c4ccc(Oc5ncccn5)cc4Cl)cc32)[nH]1. The summed E-state index contributed by atoms with van der Waals surface area (Å²) in [6.45, 7) is 1.86. The largest absolute Gasteiger partial charge is 0.424 e. The summed E-state index contributed by atoms with van der Waals surface area (Å²) in [6.07, 6.45) is 14.0. The highest BCUT2D eigenvalue weighted by Crippen LogP contribution is 2.36. The molecule has 1 aliphatic rings. The maximum absolute atomic E-state index is 14.9. The number of pyridine rings is 1. The molecule has 7 nitrogen and oxygen atoms in total. The Kier molecular flexibility index (Phi) is 8.36.